The summed E-state index contributed by atoms with van der Waals surface area (Å²) in [6, 6.07) is 4.37. The molecule has 0 N–H and O–H groups in total. The van der Waals surface area contributed by atoms with Crippen LogP contribution in [0.5, 0.6) is 0 Å². The summed E-state index contributed by atoms with van der Waals surface area (Å²) in [5.74, 6) is -0.515. The number of carbonyl (C=O) groups excluding carboxylic acids is 1. The molecule has 0 aromatic heterocycles. The van der Waals surface area contributed by atoms with Gasteiger partial charge in [-0.15, -0.1) is 0 Å². The van der Waals surface area contributed by atoms with Crippen LogP contribution in [0, 0.1) is 0 Å². The molecule has 1 aliphatic rings. The van der Waals surface area contributed by atoms with E-state index < -0.39 is 18.0 Å². The predicted octanol–water partition coefficient (Wildman–Crippen LogP) is 3.35. The summed E-state index contributed by atoms with van der Waals surface area (Å²) in [6.45, 7) is 0. The van der Waals surface area contributed by atoms with Gasteiger partial charge in [-0.05, 0) is 18.2 Å². The van der Waals surface area contributed by atoms with E-state index in [1.165, 1.54) is 18.2 Å². The number of hydrazone groups is 1. The van der Waals surface area contributed by atoms with Crippen molar-refractivity contribution in [3.63, 3.8) is 0 Å². The fourth-order valence-electron chi connectivity index (χ4n) is 1.39. The first kappa shape index (κ1) is 12.3. The average Bonchev–Trinajstić information content (AvgIpc) is 2.65. The standard InChI is InChI=1S/C10H6Cl2F2N2O/c11-6-2-1-5(3-7(6)12)16-9(17)4-8(15-16)10(13)14/h1-3,10H,4H2. The molecule has 1 aliphatic heterocycles. The molecule has 2 rings (SSSR count). The van der Waals surface area contributed by atoms with E-state index >= 15 is 0 Å². The van der Waals surface area contributed by atoms with Gasteiger partial charge in [-0.3, -0.25) is 4.79 Å². The normalized spacial score (nSPS) is 15.7. The van der Waals surface area contributed by atoms with Gasteiger partial charge in [-0.2, -0.15) is 5.10 Å². The quantitative estimate of drug-likeness (QED) is 0.817. The molecule has 90 valence electrons. The second-order valence-electron chi connectivity index (χ2n) is 3.37. The van der Waals surface area contributed by atoms with E-state index in [2.05, 4.69) is 5.10 Å². The minimum absolute atomic E-state index is 0.234. The number of rotatable bonds is 2. The van der Waals surface area contributed by atoms with Gasteiger partial charge in [0.15, 0.2) is 0 Å². The van der Waals surface area contributed by atoms with E-state index in [4.69, 9.17) is 23.2 Å². The number of benzene rings is 1. The highest BCUT2D eigenvalue weighted by atomic mass is 35.5. The summed E-state index contributed by atoms with van der Waals surface area (Å²) in [4.78, 5) is 11.5. The van der Waals surface area contributed by atoms with Gasteiger partial charge in [0.25, 0.3) is 12.3 Å². The van der Waals surface area contributed by atoms with Crippen molar-refractivity contribution >= 4 is 40.5 Å². The van der Waals surface area contributed by atoms with Crippen molar-refractivity contribution in [1.29, 1.82) is 0 Å². The lowest BCUT2D eigenvalue weighted by atomic mass is 10.2. The van der Waals surface area contributed by atoms with Gasteiger partial charge in [-0.25, -0.2) is 13.8 Å². The third-order valence-electron chi connectivity index (χ3n) is 2.20. The summed E-state index contributed by atoms with van der Waals surface area (Å²) in [6.07, 6.45) is -3.11. The zero-order valence-electron chi connectivity index (χ0n) is 8.33. The number of hydrogen-bond acceptors (Lipinski definition) is 2. The molecule has 3 nitrogen and oxygen atoms in total. The summed E-state index contributed by atoms with van der Waals surface area (Å²) in [7, 11) is 0. The van der Waals surface area contributed by atoms with Crippen molar-refractivity contribution in [3.8, 4) is 0 Å². The Balaban J connectivity index is 2.34. The molecule has 1 amide bonds. The number of amides is 1. The first-order chi connectivity index (χ1) is 7.99. The van der Waals surface area contributed by atoms with Crippen LogP contribution in [0.25, 0.3) is 0 Å². The topological polar surface area (TPSA) is 32.7 Å². The zero-order chi connectivity index (χ0) is 12.6. The molecule has 0 atom stereocenters. The molecule has 0 radical (unpaired) electrons. The van der Waals surface area contributed by atoms with E-state index in [-0.39, 0.29) is 11.4 Å². The number of carbonyl (C=O) groups is 1. The predicted molar refractivity (Wildman–Crippen MR) is 62.0 cm³/mol. The maximum Gasteiger partial charge on any atom is 0.278 e. The van der Waals surface area contributed by atoms with Crippen molar-refractivity contribution < 1.29 is 13.6 Å². The minimum atomic E-state index is -2.73. The van der Waals surface area contributed by atoms with Crippen LogP contribution in [0.15, 0.2) is 23.3 Å². The maximum atomic E-state index is 12.4. The molecule has 0 bridgehead atoms. The van der Waals surface area contributed by atoms with Gasteiger partial charge in [-0.1, -0.05) is 23.2 Å². The fraction of sp³-hybridized carbons (Fsp3) is 0.200. The summed E-state index contributed by atoms with van der Waals surface area (Å²) in [5, 5.41) is 5.02. The van der Waals surface area contributed by atoms with Crippen LogP contribution in [0.4, 0.5) is 14.5 Å². The first-order valence-corrected chi connectivity index (χ1v) is 5.38. The van der Waals surface area contributed by atoms with Gasteiger partial charge in [0, 0.05) is 0 Å². The lowest BCUT2D eigenvalue weighted by molar-refractivity contribution is -0.117. The Morgan fingerprint density at radius 2 is 2.00 bits per heavy atom. The third kappa shape index (κ3) is 2.40. The number of nitrogens with zero attached hydrogens (tertiary/aromatic N) is 2. The molecular formula is C10H6Cl2F2N2O. The minimum Gasteiger partial charge on any atom is -0.272 e. The molecular weight excluding hydrogens is 273 g/mol. The Hall–Kier alpha value is -1.20. The van der Waals surface area contributed by atoms with Gasteiger partial charge in [0.1, 0.15) is 5.71 Å². The summed E-state index contributed by atoms with van der Waals surface area (Å²) >= 11 is 11.5. The fourth-order valence-corrected chi connectivity index (χ4v) is 1.68. The van der Waals surface area contributed by atoms with E-state index in [0.717, 1.165) is 5.01 Å². The van der Waals surface area contributed by atoms with Crippen LogP contribution in [0.1, 0.15) is 6.42 Å². The second-order valence-corrected chi connectivity index (χ2v) is 4.19. The van der Waals surface area contributed by atoms with Gasteiger partial charge < -0.3 is 0 Å². The molecule has 0 saturated heterocycles. The maximum absolute atomic E-state index is 12.4. The highest BCUT2D eigenvalue weighted by Gasteiger charge is 2.30. The van der Waals surface area contributed by atoms with Crippen LogP contribution in [-0.2, 0) is 4.79 Å². The van der Waals surface area contributed by atoms with Crippen LogP contribution in [-0.4, -0.2) is 18.0 Å². The van der Waals surface area contributed by atoms with E-state index in [1.54, 1.807) is 0 Å². The molecule has 1 aromatic carbocycles. The van der Waals surface area contributed by atoms with E-state index in [1.807, 2.05) is 0 Å². The lowest BCUT2D eigenvalue weighted by Crippen LogP contribution is -2.19. The Morgan fingerprint density at radius 3 is 2.53 bits per heavy atom. The Kier molecular flexibility index (Phi) is 3.31. The average molecular weight is 279 g/mol. The molecule has 0 unspecified atom stereocenters. The van der Waals surface area contributed by atoms with Crippen LogP contribution < -0.4 is 5.01 Å². The van der Waals surface area contributed by atoms with Crippen molar-refractivity contribution in [3.05, 3.63) is 28.2 Å². The SMILES string of the molecule is O=C1CC(C(F)F)=NN1c1ccc(Cl)c(Cl)c1. The molecule has 1 aromatic rings. The lowest BCUT2D eigenvalue weighted by Gasteiger charge is -2.12. The molecule has 0 saturated carbocycles. The highest BCUT2D eigenvalue weighted by molar-refractivity contribution is 6.42. The number of alkyl halides is 2. The first-order valence-electron chi connectivity index (χ1n) is 4.62. The van der Waals surface area contributed by atoms with Crippen LogP contribution in [0.3, 0.4) is 0 Å². The van der Waals surface area contributed by atoms with Crippen molar-refractivity contribution in [1.82, 2.24) is 0 Å². The van der Waals surface area contributed by atoms with Crippen molar-refractivity contribution in [2.75, 3.05) is 5.01 Å². The summed E-state index contributed by atoms with van der Waals surface area (Å²) < 4.78 is 24.8. The van der Waals surface area contributed by atoms with E-state index in [0.29, 0.717) is 10.7 Å². The van der Waals surface area contributed by atoms with Crippen LogP contribution >= 0.6 is 23.2 Å². The number of hydrogen-bond donors (Lipinski definition) is 0. The third-order valence-corrected chi connectivity index (χ3v) is 2.94. The Labute approximate surface area is 106 Å². The van der Waals surface area contributed by atoms with Crippen molar-refractivity contribution in [2.45, 2.75) is 12.8 Å². The molecule has 7 heteroatoms. The monoisotopic (exact) mass is 278 g/mol. The number of anilines is 1. The zero-order valence-corrected chi connectivity index (χ0v) is 9.84. The largest absolute Gasteiger partial charge is 0.278 e. The Morgan fingerprint density at radius 1 is 1.29 bits per heavy atom. The van der Waals surface area contributed by atoms with Crippen molar-refractivity contribution in [2.24, 2.45) is 5.10 Å². The van der Waals surface area contributed by atoms with Gasteiger partial charge in [0.2, 0.25) is 0 Å². The van der Waals surface area contributed by atoms with Crippen LogP contribution in [0.2, 0.25) is 10.0 Å². The molecule has 0 fully saturated rings. The number of halogens is 4. The second kappa shape index (κ2) is 4.58. The highest BCUT2D eigenvalue weighted by Crippen LogP contribution is 2.29. The van der Waals surface area contributed by atoms with Gasteiger partial charge in [0.05, 0.1) is 22.2 Å². The molecule has 0 aliphatic carbocycles. The molecule has 0 spiro atoms. The van der Waals surface area contributed by atoms with E-state index in [9.17, 15) is 13.6 Å². The molecule has 17 heavy (non-hydrogen) atoms. The molecule has 1 heterocycles. The van der Waals surface area contributed by atoms with Gasteiger partial charge >= 0.3 is 0 Å². The smallest absolute Gasteiger partial charge is 0.272 e. The Bertz CT molecular complexity index is 505. The summed E-state index contributed by atoms with van der Waals surface area (Å²) in [5.41, 5.74) is -0.124.